The average Bonchev–Trinajstić information content (AvgIpc) is 2.66. The maximum atomic E-state index is 12.4. The van der Waals surface area contributed by atoms with Crippen molar-refractivity contribution in [2.24, 2.45) is 0 Å². The van der Waals surface area contributed by atoms with Crippen LogP contribution in [0.25, 0.3) is 0 Å². The van der Waals surface area contributed by atoms with Crippen molar-refractivity contribution in [2.45, 2.75) is 11.3 Å². The van der Waals surface area contributed by atoms with Crippen LogP contribution in [-0.2, 0) is 16.4 Å². The van der Waals surface area contributed by atoms with Gasteiger partial charge >= 0.3 is 5.69 Å². The van der Waals surface area contributed by atoms with Crippen LogP contribution in [0, 0.1) is 22.5 Å². The summed E-state index contributed by atoms with van der Waals surface area (Å²) in [6, 6.07) is 10.6. The van der Waals surface area contributed by atoms with Crippen molar-refractivity contribution in [3.05, 3.63) is 58.1 Å². The lowest BCUT2D eigenvalue weighted by molar-refractivity contribution is -0.386. The van der Waals surface area contributed by atoms with Gasteiger partial charge in [-0.05, 0) is 36.2 Å². The molecule has 0 atom stereocenters. The summed E-state index contributed by atoms with van der Waals surface area (Å²) in [6.45, 7) is 0.305. The molecule has 0 heterocycles. The highest BCUT2D eigenvalue weighted by Gasteiger charge is 2.21. The monoisotopic (exact) mass is 390 g/mol. The van der Waals surface area contributed by atoms with E-state index in [9.17, 15) is 18.5 Å². The molecule has 0 spiro atoms. The molecular weight excluding hydrogens is 372 g/mol. The van der Waals surface area contributed by atoms with E-state index in [1.54, 1.807) is 24.3 Å². The van der Waals surface area contributed by atoms with Crippen LogP contribution >= 0.6 is 0 Å². The number of nitro benzene ring substituents is 1. The molecule has 2 aromatic rings. The maximum Gasteiger partial charge on any atom is 0.312 e. The van der Waals surface area contributed by atoms with Crippen molar-refractivity contribution in [2.75, 3.05) is 20.3 Å². The van der Waals surface area contributed by atoms with Crippen LogP contribution in [0.15, 0.2) is 47.4 Å². The Morgan fingerprint density at radius 3 is 2.52 bits per heavy atom. The quantitative estimate of drug-likeness (QED) is 0.399. The molecule has 0 amide bonds. The standard InChI is InChI=1S/C18H18N2O6S/c1-3-12-26-15-6-4-14(5-7-15)10-11-19-27(23,24)16-8-9-18(25-2)17(13-16)20(21)22/h1,4-9,13,19H,10-12H2,2H3. The van der Waals surface area contributed by atoms with E-state index in [0.29, 0.717) is 12.2 Å². The van der Waals surface area contributed by atoms with Gasteiger partial charge in [-0.15, -0.1) is 6.42 Å². The SMILES string of the molecule is C#CCOc1ccc(CCNS(=O)(=O)c2ccc(OC)c([N+](=O)[O-])c2)cc1. The van der Waals surface area contributed by atoms with Crippen molar-refractivity contribution >= 4 is 15.7 Å². The molecule has 27 heavy (non-hydrogen) atoms. The summed E-state index contributed by atoms with van der Waals surface area (Å²) in [5.74, 6) is 2.99. The number of sulfonamides is 1. The minimum Gasteiger partial charge on any atom is -0.490 e. The van der Waals surface area contributed by atoms with E-state index >= 15 is 0 Å². The molecule has 0 saturated heterocycles. The number of hydrogen-bond donors (Lipinski definition) is 1. The lowest BCUT2D eigenvalue weighted by Gasteiger charge is -2.09. The van der Waals surface area contributed by atoms with Crippen LogP contribution in [0.1, 0.15) is 5.56 Å². The van der Waals surface area contributed by atoms with Gasteiger partial charge < -0.3 is 9.47 Å². The zero-order chi connectivity index (χ0) is 19.9. The van der Waals surface area contributed by atoms with Crippen LogP contribution in [0.4, 0.5) is 5.69 Å². The zero-order valence-electron chi connectivity index (χ0n) is 14.5. The molecule has 0 unspecified atom stereocenters. The first-order chi connectivity index (χ1) is 12.9. The van der Waals surface area contributed by atoms with Crippen LogP contribution in [-0.4, -0.2) is 33.6 Å². The number of ether oxygens (including phenoxy) is 2. The van der Waals surface area contributed by atoms with Crippen LogP contribution in [0.2, 0.25) is 0 Å². The van der Waals surface area contributed by atoms with Gasteiger partial charge in [0.2, 0.25) is 10.0 Å². The number of hydrogen-bond acceptors (Lipinski definition) is 6. The molecule has 9 heteroatoms. The van der Waals surface area contributed by atoms with Crippen LogP contribution < -0.4 is 14.2 Å². The molecule has 0 aliphatic carbocycles. The van der Waals surface area contributed by atoms with Crippen molar-refractivity contribution in [3.63, 3.8) is 0 Å². The van der Waals surface area contributed by atoms with Gasteiger partial charge in [0.15, 0.2) is 5.75 Å². The summed E-state index contributed by atoms with van der Waals surface area (Å²) in [5, 5.41) is 11.0. The first-order valence-electron chi connectivity index (χ1n) is 7.84. The molecule has 142 valence electrons. The second-order valence-electron chi connectivity index (χ2n) is 5.38. The fourth-order valence-electron chi connectivity index (χ4n) is 2.27. The first-order valence-corrected chi connectivity index (χ1v) is 9.33. The van der Waals surface area contributed by atoms with Gasteiger partial charge in [-0.2, -0.15) is 0 Å². The van der Waals surface area contributed by atoms with E-state index in [1.807, 2.05) is 0 Å². The van der Waals surface area contributed by atoms with Crippen molar-refractivity contribution in [1.29, 1.82) is 0 Å². The van der Waals surface area contributed by atoms with Gasteiger partial charge in [0.05, 0.1) is 16.9 Å². The number of nitrogens with one attached hydrogen (secondary N) is 1. The summed E-state index contributed by atoms with van der Waals surface area (Å²) >= 11 is 0. The molecule has 0 saturated carbocycles. The normalized spacial score (nSPS) is 10.8. The molecule has 8 nitrogen and oxygen atoms in total. The minimum absolute atomic E-state index is 0.00825. The van der Waals surface area contributed by atoms with E-state index in [2.05, 4.69) is 10.6 Å². The number of benzene rings is 2. The van der Waals surface area contributed by atoms with E-state index in [1.165, 1.54) is 19.2 Å². The lowest BCUT2D eigenvalue weighted by atomic mass is 10.1. The molecule has 2 aromatic carbocycles. The Morgan fingerprint density at radius 1 is 1.22 bits per heavy atom. The molecule has 0 radical (unpaired) electrons. The van der Waals surface area contributed by atoms with Crippen LogP contribution in [0.3, 0.4) is 0 Å². The Morgan fingerprint density at radius 2 is 1.93 bits per heavy atom. The first kappa shape index (κ1) is 20.2. The van der Waals surface area contributed by atoms with E-state index in [0.717, 1.165) is 11.6 Å². The smallest absolute Gasteiger partial charge is 0.312 e. The molecule has 1 N–H and O–H groups in total. The summed E-state index contributed by atoms with van der Waals surface area (Å²) < 4.78 is 37.3. The molecule has 0 aromatic heterocycles. The second-order valence-corrected chi connectivity index (χ2v) is 7.14. The summed E-state index contributed by atoms with van der Waals surface area (Å²) in [5.41, 5.74) is 0.481. The maximum absolute atomic E-state index is 12.4. The van der Waals surface area contributed by atoms with Crippen LogP contribution in [0.5, 0.6) is 11.5 Å². The molecule has 0 aliphatic rings. The van der Waals surface area contributed by atoms with Gasteiger partial charge in [-0.1, -0.05) is 18.1 Å². The number of nitro groups is 1. The van der Waals surface area contributed by atoms with E-state index in [-0.39, 0.29) is 23.8 Å². The third kappa shape index (κ3) is 5.44. The predicted molar refractivity (Wildman–Crippen MR) is 99.3 cm³/mol. The Hall–Kier alpha value is -3.09. The molecule has 2 rings (SSSR count). The second kappa shape index (κ2) is 9.02. The Balaban J connectivity index is 2.02. The minimum atomic E-state index is -3.89. The Bertz CT molecular complexity index is 949. The predicted octanol–water partition coefficient (Wildman–Crippen LogP) is 2.14. The summed E-state index contributed by atoms with van der Waals surface area (Å²) in [6.07, 6.45) is 5.56. The average molecular weight is 390 g/mol. The van der Waals surface area contributed by atoms with Crippen molar-refractivity contribution in [1.82, 2.24) is 4.72 Å². The third-order valence-corrected chi connectivity index (χ3v) is 5.07. The van der Waals surface area contributed by atoms with E-state index < -0.39 is 20.6 Å². The lowest BCUT2D eigenvalue weighted by Crippen LogP contribution is -2.26. The number of terminal acetylenes is 1. The summed E-state index contributed by atoms with van der Waals surface area (Å²) in [4.78, 5) is 10.1. The molecule has 0 fully saturated rings. The Labute approximate surface area is 157 Å². The topological polar surface area (TPSA) is 108 Å². The van der Waals surface area contributed by atoms with Gasteiger partial charge in [-0.25, -0.2) is 13.1 Å². The van der Waals surface area contributed by atoms with Gasteiger partial charge in [0.25, 0.3) is 0 Å². The van der Waals surface area contributed by atoms with Crippen molar-refractivity contribution in [3.8, 4) is 23.8 Å². The molecule has 0 bridgehead atoms. The van der Waals surface area contributed by atoms with Gasteiger partial charge in [-0.3, -0.25) is 10.1 Å². The molecule has 0 aliphatic heterocycles. The highest BCUT2D eigenvalue weighted by atomic mass is 32.2. The fourth-order valence-corrected chi connectivity index (χ4v) is 3.32. The van der Waals surface area contributed by atoms with Gasteiger partial charge in [0, 0.05) is 12.6 Å². The highest BCUT2D eigenvalue weighted by Crippen LogP contribution is 2.29. The number of nitrogens with zero attached hydrogens (tertiary/aromatic N) is 1. The summed E-state index contributed by atoms with van der Waals surface area (Å²) in [7, 11) is -2.61. The largest absolute Gasteiger partial charge is 0.490 e. The zero-order valence-corrected chi connectivity index (χ0v) is 15.4. The third-order valence-electron chi connectivity index (χ3n) is 3.61. The fraction of sp³-hybridized carbons (Fsp3) is 0.222. The van der Waals surface area contributed by atoms with Gasteiger partial charge in [0.1, 0.15) is 12.4 Å². The Kier molecular flexibility index (Phi) is 6.76. The van der Waals surface area contributed by atoms with E-state index in [4.69, 9.17) is 15.9 Å². The van der Waals surface area contributed by atoms with Crippen molar-refractivity contribution < 1.29 is 22.8 Å². The number of methoxy groups -OCH3 is 1. The number of rotatable bonds is 9. The highest BCUT2D eigenvalue weighted by molar-refractivity contribution is 7.89. The molecular formula is C18H18N2O6S.